The molecule has 0 radical (unpaired) electrons. The summed E-state index contributed by atoms with van der Waals surface area (Å²) in [7, 11) is 1.99. The number of para-hydroxylation sites is 1. The third-order valence-electron chi connectivity index (χ3n) is 5.89. The molecule has 1 aromatic heterocycles. The molecule has 2 aliphatic heterocycles. The topological polar surface area (TPSA) is 51.5 Å². The molecule has 3 heterocycles. The molecule has 1 atom stereocenters. The Kier molecular flexibility index (Phi) is 4.64. The highest BCUT2D eigenvalue weighted by Crippen LogP contribution is 2.39. The molecule has 27 heavy (non-hydrogen) atoms. The fraction of sp³-hybridized carbons (Fsp3) is 0.455. The molecule has 1 saturated heterocycles. The average molecular weight is 366 g/mol. The highest BCUT2D eigenvalue weighted by molar-refractivity contribution is 6.00. The van der Waals surface area contributed by atoms with Crippen LogP contribution in [-0.2, 0) is 13.6 Å². The molecule has 4 rings (SSSR count). The van der Waals surface area contributed by atoms with E-state index in [2.05, 4.69) is 4.90 Å². The van der Waals surface area contributed by atoms with Gasteiger partial charge >= 0.3 is 0 Å². The second-order valence-electron chi connectivity index (χ2n) is 7.90. The molecule has 5 heteroatoms. The Morgan fingerprint density at radius 2 is 2.04 bits per heavy atom. The van der Waals surface area contributed by atoms with Gasteiger partial charge in [0.15, 0.2) is 11.6 Å². The number of aromatic nitrogens is 1. The summed E-state index contributed by atoms with van der Waals surface area (Å²) in [5.74, 6) is 1.02. The summed E-state index contributed by atoms with van der Waals surface area (Å²) >= 11 is 0. The number of fused-ring (bicyclic) bond motifs is 1. The van der Waals surface area contributed by atoms with E-state index < -0.39 is 0 Å². The predicted molar refractivity (Wildman–Crippen MR) is 103 cm³/mol. The summed E-state index contributed by atoms with van der Waals surface area (Å²) in [6.45, 7) is 4.27. The third-order valence-corrected chi connectivity index (χ3v) is 5.89. The number of aryl methyl sites for hydroxylation is 1. The number of hydrogen-bond donors (Lipinski definition) is 0. The van der Waals surface area contributed by atoms with Crippen LogP contribution >= 0.6 is 0 Å². The van der Waals surface area contributed by atoms with E-state index >= 15 is 0 Å². The molecule has 2 aromatic rings. The Bertz CT molecular complexity index is 885. The standard InChI is InChI=1S/C22H26N2O3/c1-16(25)17-12-18(23(2)14-17)15-24-10-5-8-22(9-11-24)13-20(26)19-6-3-4-7-21(19)27-22/h3-4,6-7,12,14H,5,8-11,13,15H2,1-2H3. The number of ether oxygens (including phenoxy) is 1. The molecule has 0 bridgehead atoms. The van der Waals surface area contributed by atoms with Crippen molar-refractivity contribution in [3.05, 3.63) is 53.3 Å². The zero-order valence-electron chi connectivity index (χ0n) is 16.0. The molecule has 0 aliphatic carbocycles. The van der Waals surface area contributed by atoms with Gasteiger partial charge in [0.1, 0.15) is 11.4 Å². The van der Waals surface area contributed by atoms with Crippen LogP contribution in [-0.4, -0.2) is 39.7 Å². The van der Waals surface area contributed by atoms with Gasteiger partial charge in [0, 0.05) is 44.0 Å². The lowest BCUT2D eigenvalue weighted by atomic mass is 9.84. The molecule has 142 valence electrons. The second-order valence-corrected chi connectivity index (χ2v) is 7.90. The molecule has 1 fully saturated rings. The number of likely N-dealkylation sites (tertiary alicyclic amines) is 1. The van der Waals surface area contributed by atoms with E-state index in [1.54, 1.807) is 6.92 Å². The molecule has 0 amide bonds. The summed E-state index contributed by atoms with van der Waals surface area (Å²) in [4.78, 5) is 26.6. The number of carbonyl (C=O) groups is 2. The molecule has 1 aromatic carbocycles. The fourth-order valence-electron chi connectivity index (χ4n) is 4.29. The van der Waals surface area contributed by atoms with Crippen molar-refractivity contribution in [1.82, 2.24) is 9.47 Å². The number of benzene rings is 1. The van der Waals surface area contributed by atoms with Crippen molar-refractivity contribution in [1.29, 1.82) is 0 Å². The van der Waals surface area contributed by atoms with Crippen molar-refractivity contribution in [2.45, 2.75) is 44.8 Å². The van der Waals surface area contributed by atoms with Crippen LogP contribution in [0.2, 0.25) is 0 Å². The van der Waals surface area contributed by atoms with E-state index in [0.717, 1.165) is 55.9 Å². The number of Topliss-reactive ketones (excluding diaryl/α,β-unsaturated/α-hetero) is 2. The van der Waals surface area contributed by atoms with Gasteiger partial charge in [-0.3, -0.25) is 14.5 Å². The lowest BCUT2D eigenvalue weighted by Gasteiger charge is -2.37. The molecule has 2 aliphatic rings. The Morgan fingerprint density at radius 1 is 1.22 bits per heavy atom. The van der Waals surface area contributed by atoms with E-state index in [9.17, 15) is 9.59 Å². The van der Waals surface area contributed by atoms with E-state index in [-0.39, 0.29) is 17.2 Å². The van der Waals surface area contributed by atoms with Crippen LogP contribution in [0.15, 0.2) is 36.5 Å². The Balaban J connectivity index is 1.47. The van der Waals surface area contributed by atoms with Crippen molar-refractivity contribution < 1.29 is 14.3 Å². The third kappa shape index (κ3) is 3.56. The maximum Gasteiger partial charge on any atom is 0.170 e. The summed E-state index contributed by atoms with van der Waals surface area (Å²) in [6, 6.07) is 9.57. The summed E-state index contributed by atoms with van der Waals surface area (Å²) < 4.78 is 8.41. The van der Waals surface area contributed by atoms with Crippen molar-refractivity contribution in [2.24, 2.45) is 7.05 Å². The minimum Gasteiger partial charge on any atom is -0.486 e. The maximum absolute atomic E-state index is 12.6. The quantitative estimate of drug-likeness (QED) is 0.779. The van der Waals surface area contributed by atoms with Gasteiger partial charge < -0.3 is 9.30 Å². The average Bonchev–Trinajstić information content (AvgIpc) is 2.89. The first-order valence-electron chi connectivity index (χ1n) is 9.66. The van der Waals surface area contributed by atoms with Crippen LogP contribution in [0.1, 0.15) is 59.0 Å². The van der Waals surface area contributed by atoms with Gasteiger partial charge in [-0.05, 0) is 44.5 Å². The van der Waals surface area contributed by atoms with E-state index in [1.165, 1.54) is 0 Å². The van der Waals surface area contributed by atoms with E-state index in [0.29, 0.717) is 12.0 Å². The highest BCUT2D eigenvalue weighted by atomic mass is 16.5. The minimum atomic E-state index is -0.376. The first-order chi connectivity index (χ1) is 13.0. The molecule has 1 spiro atoms. The number of nitrogens with zero attached hydrogens (tertiary/aromatic N) is 2. The van der Waals surface area contributed by atoms with Gasteiger partial charge in [-0.25, -0.2) is 0 Å². The van der Waals surface area contributed by atoms with Crippen LogP contribution in [0.5, 0.6) is 5.75 Å². The molecular weight excluding hydrogens is 340 g/mol. The van der Waals surface area contributed by atoms with Gasteiger partial charge in [0.25, 0.3) is 0 Å². The van der Waals surface area contributed by atoms with Crippen molar-refractivity contribution in [3.8, 4) is 5.75 Å². The van der Waals surface area contributed by atoms with Crippen molar-refractivity contribution in [3.63, 3.8) is 0 Å². The van der Waals surface area contributed by atoms with E-state index in [1.807, 2.05) is 48.1 Å². The monoisotopic (exact) mass is 366 g/mol. The molecule has 1 unspecified atom stereocenters. The first kappa shape index (κ1) is 18.0. The Hall–Kier alpha value is -2.40. The van der Waals surface area contributed by atoms with Gasteiger partial charge in [0.05, 0.1) is 12.0 Å². The Labute approximate surface area is 159 Å². The lowest BCUT2D eigenvalue weighted by molar-refractivity contribution is 0.0298. The molecular formula is C22H26N2O3. The minimum absolute atomic E-state index is 0.0967. The van der Waals surface area contributed by atoms with Gasteiger partial charge in [-0.2, -0.15) is 0 Å². The Morgan fingerprint density at radius 3 is 2.81 bits per heavy atom. The maximum atomic E-state index is 12.6. The SMILES string of the molecule is CC(=O)c1cc(CN2CCCC3(CC2)CC(=O)c2ccccc2O3)n(C)c1. The smallest absolute Gasteiger partial charge is 0.170 e. The van der Waals surface area contributed by atoms with Gasteiger partial charge in [0.2, 0.25) is 0 Å². The normalized spacial score (nSPS) is 23.0. The lowest BCUT2D eigenvalue weighted by Crippen LogP contribution is -2.42. The zero-order valence-corrected chi connectivity index (χ0v) is 16.0. The predicted octanol–water partition coefficient (Wildman–Crippen LogP) is 3.62. The number of rotatable bonds is 3. The van der Waals surface area contributed by atoms with Crippen LogP contribution < -0.4 is 4.74 Å². The van der Waals surface area contributed by atoms with Crippen LogP contribution in [0.4, 0.5) is 0 Å². The van der Waals surface area contributed by atoms with Crippen LogP contribution in [0, 0.1) is 0 Å². The van der Waals surface area contributed by atoms with Crippen LogP contribution in [0.25, 0.3) is 0 Å². The molecule has 5 nitrogen and oxygen atoms in total. The highest BCUT2D eigenvalue weighted by Gasteiger charge is 2.41. The van der Waals surface area contributed by atoms with Crippen LogP contribution in [0.3, 0.4) is 0 Å². The summed E-state index contributed by atoms with van der Waals surface area (Å²) in [6.07, 6.45) is 5.11. The number of ketones is 2. The number of carbonyl (C=O) groups excluding carboxylic acids is 2. The zero-order chi connectivity index (χ0) is 19.0. The first-order valence-corrected chi connectivity index (χ1v) is 9.66. The second kappa shape index (κ2) is 6.97. The van der Waals surface area contributed by atoms with Gasteiger partial charge in [-0.1, -0.05) is 12.1 Å². The summed E-state index contributed by atoms with van der Waals surface area (Å²) in [5, 5.41) is 0. The molecule has 0 N–H and O–H groups in total. The summed E-state index contributed by atoms with van der Waals surface area (Å²) in [5.41, 5.74) is 2.24. The van der Waals surface area contributed by atoms with Crippen molar-refractivity contribution in [2.75, 3.05) is 13.1 Å². The van der Waals surface area contributed by atoms with Crippen molar-refractivity contribution >= 4 is 11.6 Å². The van der Waals surface area contributed by atoms with E-state index in [4.69, 9.17) is 4.74 Å². The fourth-order valence-corrected chi connectivity index (χ4v) is 4.29. The largest absolute Gasteiger partial charge is 0.486 e. The van der Waals surface area contributed by atoms with Gasteiger partial charge in [-0.15, -0.1) is 0 Å². The number of hydrogen-bond acceptors (Lipinski definition) is 4. The molecule has 0 saturated carbocycles.